The molecule has 0 saturated heterocycles. The Balaban J connectivity index is 1.75. The molecule has 1 aromatic heterocycles. The zero-order chi connectivity index (χ0) is 20.1. The van der Waals surface area contributed by atoms with Crippen molar-refractivity contribution in [2.45, 2.75) is 30.4 Å². The molecule has 0 fully saturated rings. The van der Waals surface area contributed by atoms with Crippen molar-refractivity contribution in [3.8, 4) is 11.3 Å². The summed E-state index contributed by atoms with van der Waals surface area (Å²) >= 11 is 0. The maximum absolute atomic E-state index is 12.3. The van der Waals surface area contributed by atoms with Gasteiger partial charge in [0.2, 0.25) is 0 Å². The van der Waals surface area contributed by atoms with Gasteiger partial charge >= 0.3 is 0 Å². The highest BCUT2D eigenvalue weighted by Gasteiger charge is 2.19. The fourth-order valence-corrected chi connectivity index (χ4v) is 3.78. The quantitative estimate of drug-likeness (QED) is 0.656. The Labute approximate surface area is 166 Å². The van der Waals surface area contributed by atoms with Crippen LogP contribution in [0.1, 0.15) is 25.1 Å². The van der Waals surface area contributed by atoms with Crippen molar-refractivity contribution in [2.75, 3.05) is 11.9 Å². The number of hydrogen-bond acceptors (Lipinski definition) is 5. The van der Waals surface area contributed by atoms with Crippen molar-refractivity contribution in [2.24, 2.45) is 0 Å². The lowest BCUT2D eigenvalue weighted by atomic mass is 10.1. The van der Waals surface area contributed by atoms with Gasteiger partial charge in [0.15, 0.2) is 9.84 Å². The molecular weight excluding hydrogens is 370 g/mol. The molecule has 0 unspecified atom stereocenters. The molecule has 1 heterocycles. The topological polar surface area (TPSA) is 72.0 Å². The molecule has 0 saturated carbocycles. The Bertz CT molecular complexity index is 1030. The van der Waals surface area contributed by atoms with Crippen LogP contribution in [0.3, 0.4) is 0 Å². The summed E-state index contributed by atoms with van der Waals surface area (Å²) in [4.78, 5) is 9.07. The number of benzene rings is 2. The van der Waals surface area contributed by atoms with Crippen molar-refractivity contribution >= 4 is 15.7 Å². The van der Waals surface area contributed by atoms with E-state index in [0.29, 0.717) is 28.6 Å². The van der Waals surface area contributed by atoms with E-state index in [1.165, 1.54) is 5.56 Å². The third-order valence-electron chi connectivity index (χ3n) is 4.45. The van der Waals surface area contributed by atoms with Crippen molar-refractivity contribution in [3.05, 3.63) is 79.0 Å². The Hall–Kier alpha value is -2.73. The molecule has 0 atom stereocenters. The first-order chi connectivity index (χ1) is 13.4. The van der Waals surface area contributed by atoms with Gasteiger partial charge in [0.05, 0.1) is 27.7 Å². The van der Waals surface area contributed by atoms with Crippen LogP contribution in [0.5, 0.6) is 0 Å². The average molecular weight is 394 g/mol. The third kappa shape index (κ3) is 4.57. The first-order valence-corrected chi connectivity index (χ1v) is 10.7. The zero-order valence-corrected chi connectivity index (χ0v) is 16.8. The molecule has 2 aromatic carbocycles. The predicted molar refractivity (Wildman–Crippen MR) is 112 cm³/mol. The number of anilines is 1. The van der Waals surface area contributed by atoms with E-state index in [2.05, 4.69) is 27.4 Å². The molecule has 0 spiro atoms. The lowest BCUT2D eigenvalue weighted by Gasteiger charge is -2.11. The van der Waals surface area contributed by atoms with Crippen LogP contribution < -0.4 is 5.32 Å². The molecule has 3 rings (SSSR count). The fraction of sp³-hybridized carbons (Fsp3) is 0.227. The van der Waals surface area contributed by atoms with Gasteiger partial charge in [0.1, 0.15) is 5.82 Å². The van der Waals surface area contributed by atoms with E-state index in [1.807, 2.05) is 18.2 Å². The van der Waals surface area contributed by atoms with Crippen LogP contribution in [0, 0.1) is 6.92 Å². The molecule has 2 radical (unpaired) electrons. The van der Waals surface area contributed by atoms with Gasteiger partial charge in [-0.05, 0) is 38.0 Å². The summed E-state index contributed by atoms with van der Waals surface area (Å²) in [5.41, 5.74) is 2.96. The Morgan fingerprint density at radius 2 is 1.71 bits per heavy atom. The maximum atomic E-state index is 12.3. The third-order valence-corrected chi connectivity index (χ3v) is 6.62. The van der Waals surface area contributed by atoms with E-state index in [-0.39, 0.29) is 0 Å². The Kier molecular flexibility index (Phi) is 6.09. The van der Waals surface area contributed by atoms with E-state index < -0.39 is 15.1 Å². The molecule has 0 bridgehead atoms. The lowest BCUT2D eigenvalue weighted by molar-refractivity contribution is 0.587. The normalized spacial score (nSPS) is 11.6. The second-order valence-corrected chi connectivity index (χ2v) is 9.27. The smallest absolute Gasteiger partial charge is 0.180 e. The summed E-state index contributed by atoms with van der Waals surface area (Å²) in [6.07, 6.45) is 2.43. The number of nitrogens with zero attached hydrogens (tertiary/aromatic N) is 2. The number of hydrogen-bond donors (Lipinski definition) is 1. The monoisotopic (exact) mass is 393 g/mol. The number of nitrogens with one attached hydrogen (secondary N) is 1. The summed E-state index contributed by atoms with van der Waals surface area (Å²) in [5, 5.41) is 2.76. The Morgan fingerprint density at radius 3 is 2.36 bits per heavy atom. The van der Waals surface area contributed by atoms with Gasteiger partial charge in [-0.15, -0.1) is 0 Å². The van der Waals surface area contributed by atoms with Crippen LogP contribution in [-0.4, -0.2) is 30.2 Å². The lowest BCUT2D eigenvalue weighted by Crippen LogP contribution is -2.13. The highest BCUT2D eigenvalue weighted by molar-refractivity contribution is 7.92. The molecule has 28 heavy (non-hydrogen) atoms. The first kappa shape index (κ1) is 20.0. The summed E-state index contributed by atoms with van der Waals surface area (Å²) < 4.78 is 24.5. The fourth-order valence-electron chi connectivity index (χ4n) is 2.73. The molecule has 3 aromatic rings. The number of aromatic nitrogens is 2. The van der Waals surface area contributed by atoms with Gasteiger partial charge in [-0.3, -0.25) is 4.98 Å². The van der Waals surface area contributed by atoms with Gasteiger partial charge in [-0.25, -0.2) is 13.4 Å². The van der Waals surface area contributed by atoms with E-state index >= 15 is 0 Å². The van der Waals surface area contributed by atoms with Crippen molar-refractivity contribution in [1.82, 2.24) is 9.97 Å². The van der Waals surface area contributed by atoms with Crippen molar-refractivity contribution in [3.63, 3.8) is 0 Å². The highest BCUT2D eigenvalue weighted by atomic mass is 32.2. The van der Waals surface area contributed by atoms with Crippen LogP contribution in [0.4, 0.5) is 5.82 Å². The van der Waals surface area contributed by atoms with Gasteiger partial charge in [0, 0.05) is 19.0 Å². The van der Waals surface area contributed by atoms with Crippen LogP contribution in [0.15, 0.2) is 65.7 Å². The molecule has 0 aliphatic carbocycles. The highest BCUT2D eigenvalue weighted by Crippen LogP contribution is 2.23. The number of sulfone groups is 1. The number of rotatable bonds is 7. The van der Waals surface area contributed by atoms with Gasteiger partial charge < -0.3 is 5.32 Å². The molecule has 0 amide bonds. The Morgan fingerprint density at radius 1 is 1.04 bits per heavy atom. The van der Waals surface area contributed by atoms with Crippen LogP contribution >= 0.6 is 0 Å². The van der Waals surface area contributed by atoms with Crippen molar-refractivity contribution in [1.29, 1.82) is 0 Å². The summed E-state index contributed by atoms with van der Waals surface area (Å²) in [7, 11) is -3.30. The van der Waals surface area contributed by atoms with Gasteiger partial charge in [-0.1, -0.05) is 42.5 Å². The molecule has 144 valence electrons. The molecular formula is C22H23N3O2S. The molecule has 6 heteroatoms. The average Bonchev–Trinajstić information content (AvgIpc) is 2.70. The maximum Gasteiger partial charge on any atom is 0.180 e. The van der Waals surface area contributed by atoms with Crippen molar-refractivity contribution < 1.29 is 8.42 Å². The first-order valence-electron chi connectivity index (χ1n) is 9.12. The summed E-state index contributed by atoms with van der Waals surface area (Å²) in [6, 6.07) is 16.8. The van der Waals surface area contributed by atoms with Crippen LogP contribution in [0.25, 0.3) is 11.3 Å². The largest absolute Gasteiger partial charge is 0.368 e. The van der Waals surface area contributed by atoms with E-state index in [4.69, 9.17) is 6.92 Å². The van der Waals surface area contributed by atoms with Gasteiger partial charge in [-0.2, -0.15) is 0 Å². The minimum atomic E-state index is -3.30. The second kappa shape index (κ2) is 8.52. The zero-order valence-electron chi connectivity index (χ0n) is 16.0. The minimum absolute atomic E-state index is 0.302. The molecule has 0 aliphatic heterocycles. The van der Waals surface area contributed by atoms with Crippen LogP contribution in [-0.2, 0) is 16.3 Å². The second-order valence-electron chi connectivity index (χ2n) is 6.77. The van der Waals surface area contributed by atoms with Gasteiger partial charge in [0.25, 0.3) is 0 Å². The predicted octanol–water partition coefficient (Wildman–Crippen LogP) is 4.04. The van der Waals surface area contributed by atoms with E-state index in [0.717, 1.165) is 12.0 Å². The molecule has 1 N–H and O–H groups in total. The minimum Gasteiger partial charge on any atom is -0.368 e. The van der Waals surface area contributed by atoms with Crippen LogP contribution in [0.2, 0.25) is 0 Å². The summed E-state index contributed by atoms with van der Waals surface area (Å²) in [5.74, 6) is 0.521. The van der Waals surface area contributed by atoms with E-state index in [1.54, 1.807) is 44.3 Å². The standard InChI is InChI=1S/C22H23N3O2S/c1-16(2)28(26,27)20-11-9-19(10-12-20)21-15-24-17(3)22(25-21)23-14-13-18-7-5-4-6-8-18/h3-12,15-16H,13-14H2,1-2H3,(H,23,25). The molecule has 5 nitrogen and oxygen atoms in total. The summed E-state index contributed by atoms with van der Waals surface area (Å²) in [6.45, 7) is 9.96. The van der Waals surface area contributed by atoms with E-state index in [9.17, 15) is 8.42 Å². The molecule has 0 aliphatic rings. The SMILES string of the molecule is [CH]c1ncc(-c2ccc(S(=O)(=O)C(C)C)cc2)nc1NCCc1ccccc1.